The van der Waals surface area contributed by atoms with Crippen molar-refractivity contribution in [2.45, 2.75) is 37.6 Å². The van der Waals surface area contributed by atoms with Crippen LogP contribution in [0.15, 0.2) is 70.4 Å². The van der Waals surface area contributed by atoms with Gasteiger partial charge in [-0.15, -0.1) is 0 Å². The van der Waals surface area contributed by atoms with Gasteiger partial charge in [0.25, 0.3) is 5.56 Å². The first kappa shape index (κ1) is 22.9. The summed E-state index contributed by atoms with van der Waals surface area (Å²) in [7, 11) is -3.61. The lowest BCUT2D eigenvalue weighted by atomic mass is 10.1. The molecule has 2 heterocycles. The molecule has 1 atom stereocenters. The van der Waals surface area contributed by atoms with Gasteiger partial charge in [0, 0.05) is 30.4 Å². The Labute approximate surface area is 192 Å². The summed E-state index contributed by atoms with van der Waals surface area (Å²) < 4.78 is 28.9. The van der Waals surface area contributed by atoms with E-state index in [1.807, 2.05) is 6.07 Å². The first-order chi connectivity index (χ1) is 15.8. The fourth-order valence-corrected chi connectivity index (χ4v) is 5.61. The van der Waals surface area contributed by atoms with Gasteiger partial charge in [-0.2, -0.15) is 9.40 Å². The van der Waals surface area contributed by atoms with Crippen LogP contribution in [0.3, 0.4) is 0 Å². The standard InChI is InChI=1S/C24H26N4O4S/c1-17-10-11-19(16-22(17)33(31,32)27-14-6-7-15-27)21-12-13-23(29)28(26-21)18(2)24(30)25-20-8-4-3-5-9-20/h3-5,8-13,16,18H,6-7,14-15H2,1-2H3,(H,25,30)/t18-/m1/s1. The topological polar surface area (TPSA) is 101 Å². The number of rotatable bonds is 6. The van der Waals surface area contributed by atoms with Gasteiger partial charge in [0.2, 0.25) is 15.9 Å². The highest BCUT2D eigenvalue weighted by Gasteiger charge is 2.29. The second-order valence-corrected chi connectivity index (χ2v) is 10.0. The smallest absolute Gasteiger partial charge is 0.267 e. The Morgan fingerprint density at radius 1 is 1.03 bits per heavy atom. The lowest BCUT2D eigenvalue weighted by molar-refractivity contribution is -0.119. The molecule has 1 saturated heterocycles. The number of amides is 1. The van der Waals surface area contributed by atoms with Gasteiger partial charge in [-0.05, 0) is 56.5 Å². The van der Waals surface area contributed by atoms with Crippen LogP contribution in [0.5, 0.6) is 0 Å². The largest absolute Gasteiger partial charge is 0.324 e. The number of aryl methyl sites for hydroxylation is 1. The van der Waals surface area contributed by atoms with E-state index >= 15 is 0 Å². The molecule has 1 N–H and O–H groups in total. The Bertz CT molecular complexity index is 1330. The summed E-state index contributed by atoms with van der Waals surface area (Å²) in [6.07, 6.45) is 1.71. The molecule has 0 radical (unpaired) electrons. The van der Waals surface area contributed by atoms with Crippen molar-refractivity contribution in [3.63, 3.8) is 0 Å². The predicted molar refractivity (Wildman–Crippen MR) is 126 cm³/mol. The van der Waals surface area contributed by atoms with Crippen LogP contribution in [0.25, 0.3) is 11.3 Å². The first-order valence-electron chi connectivity index (χ1n) is 10.8. The number of para-hydroxylation sites is 1. The third-order valence-corrected chi connectivity index (χ3v) is 7.82. The number of hydrogen-bond donors (Lipinski definition) is 1. The molecule has 2 aromatic carbocycles. The quantitative estimate of drug-likeness (QED) is 0.601. The third kappa shape index (κ3) is 4.74. The molecule has 3 aromatic rings. The number of aromatic nitrogens is 2. The van der Waals surface area contributed by atoms with E-state index in [0.717, 1.165) is 17.5 Å². The first-order valence-corrected chi connectivity index (χ1v) is 12.3. The van der Waals surface area contributed by atoms with Crippen molar-refractivity contribution in [2.75, 3.05) is 18.4 Å². The number of sulfonamides is 1. The molecule has 0 saturated carbocycles. The molecular formula is C24H26N4O4S. The molecule has 0 spiro atoms. The molecule has 4 rings (SSSR count). The van der Waals surface area contributed by atoms with E-state index < -0.39 is 21.6 Å². The zero-order valence-electron chi connectivity index (χ0n) is 18.6. The summed E-state index contributed by atoms with van der Waals surface area (Å²) in [6.45, 7) is 4.39. The van der Waals surface area contributed by atoms with Gasteiger partial charge in [0.05, 0.1) is 10.6 Å². The Balaban J connectivity index is 1.66. The average molecular weight is 467 g/mol. The van der Waals surface area contributed by atoms with E-state index in [4.69, 9.17) is 0 Å². The number of hydrogen-bond acceptors (Lipinski definition) is 5. The molecule has 1 fully saturated rings. The van der Waals surface area contributed by atoms with Crippen LogP contribution in [-0.4, -0.2) is 41.5 Å². The van der Waals surface area contributed by atoms with E-state index in [9.17, 15) is 18.0 Å². The molecule has 0 bridgehead atoms. The highest BCUT2D eigenvalue weighted by molar-refractivity contribution is 7.89. The summed E-state index contributed by atoms with van der Waals surface area (Å²) in [5.74, 6) is -0.380. The summed E-state index contributed by atoms with van der Waals surface area (Å²) in [5, 5.41) is 7.16. The zero-order valence-corrected chi connectivity index (χ0v) is 19.4. The molecule has 33 heavy (non-hydrogen) atoms. The van der Waals surface area contributed by atoms with E-state index in [0.29, 0.717) is 35.6 Å². The maximum absolute atomic E-state index is 13.1. The molecule has 1 amide bonds. The van der Waals surface area contributed by atoms with Gasteiger partial charge in [-0.1, -0.05) is 30.3 Å². The molecule has 0 unspecified atom stereocenters. The molecule has 172 valence electrons. The number of nitrogens with zero attached hydrogens (tertiary/aromatic N) is 3. The van der Waals surface area contributed by atoms with Crippen molar-refractivity contribution in [3.8, 4) is 11.3 Å². The van der Waals surface area contributed by atoms with Crippen LogP contribution in [0.2, 0.25) is 0 Å². The van der Waals surface area contributed by atoms with E-state index in [1.165, 1.54) is 16.4 Å². The predicted octanol–water partition coefficient (Wildman–Crippen LogP) is 3.20. The Hall–Kier alpha value is -3.30. The summed E-state index contributed by atoms with van der Waals surface area (Å²) in [4.78, 5) is 25.4. The average Bonchev–Trinajstić information content (AvgIpc) is 3.36. The van der Waals surface area contributed by atoms with E-state index in [1.54, 1.807) is 56.3 Å². The van der Waals surface area contributed by atoms with Gasteiger partial charge in [0.15, 0.2) is 0 Å². The maximum Gasteiger partial charge on any atom is 0.267 e. The summed E-state index contributed by atoms with van der Waals surface area (Å²) >= 11 is 0. The maximum atomic E-state index is 13.1. The van der Waals surface area contributed by atoms with Gasteiger partial charge < -0.3 is 5.32 Å². The van der Waals surface area contributed by atoms with Crippen molar-refractivity contribution in [2.24, 2.45) is 0 Å². The zero-order chi connectivity index (χ0) is 23.6. The lowest BCUT2D eigenvalue weighted by Crippen LogP contribution is -2.33. The lowest BCUT2D eigenvalue weighted by Gasteiger charge is -2.18. The highest BCUT2D eigenvalue weighted by atomic mass is 32.2. The molecule has 1 aliphatic rings. The Kier molecular flexibility index (Phi) is 6.44. The van der Waals surface area contributed by atoms with Crippen LogP contribution in [0.4, 0.5) is 5.69 Å². The fraction of sp³-hybridized carbons (Fsp3) is 0.292. The molecule has 0 aliphatic carbocycles. The number of carbonyl (C=O) groups excluding carboxylic acids is 1. The normalized spacial score (nSPS) is 15.3. The Morgan fingerprint density at radius 3 is 2.42 bits per heavy atom. The van der Waals surface area contributed by atoms with Crippen molar-refractivity contribution in [1.82, 2.24) is 14.1 Å². The number of benzene rings is 2. The van der Waals surface area contributed by atoms with Gasteiger partial charge in [-0.3, -0.25) is 9.59 Å². The Morgan fingerprint density at radius 2 is 1.73 bits per heavy atom. The number of nitrogens with one attached hydrogen (secondary N) is 1. The summed E-state index contributed by atoms with van der Waals surface area (Å²) in [5.41, 5.74) is 1.81. The van der Waals surface area contributed by atoms with Gasteiger partial charge >= 0.3 is 0 Å². The minimum atomic E-state index is -3.61. The minimum Gasteiger partial charge on any atom is -0.324 e. The van der Waals surface area contributed by atoms with Gasteiger partial charge in [-0.25, -0.2) is 13.1 Å². The fourth-order valence-electron chi connectivity index (χ4n) is 3.84. The number of carbonyl (C=O) groups is 1. The minimum absolute atomic E-state index is 0.233. The molecule has 1 aliphatic heterocycles. The van der Waals surface area contributed by atoms with E-state index in [-0.39, 0.29) is 10.8 Å². The third-order valence-electron chi connectivity index (χ3n) is 5.78. The second-order valence-electron chi connectivity index (χ2n) is 8.12. The van der Waals surface area contributed by atoms with Crippen molar-refractivity contribution in [1.29, 1.82) is 0 Å². The van der Waals surface area contributed by atoms with Crippen LogP contribution in [-0.2, 0) is 14.8 Å². The molecule has 8 nitrogen and oxygen atoms in total. The van der Waals surface area contributed by atoms with E-state index in [2.05, 4.69) is 10.4 Å². The monoisotopic (exact) mass is 466 g/mol. The van der Waals surface area contributed by atoms with Crippen LogP contribution < -0.4 is 10.9 Å². The summed E-state index contributed by atoms with van der Waals surface area (Å²) in [6, 6.07) is 16.1. The van der Waals surface area contributed by atoms with Crippen LogP contribution in [0.1, 0.15) is 31.4 Å². The van der Waals surface area contributed by atoms with Crippen molar-refractivity contribution < 1.29 is 13.2 Å². The van der Waals surface area contributed by atoms with Crippen LogP contribution in [0, 0.1) is 6.92 Å². The molecule has 1 aromatic heterocycles. The number of anilines is 1. The SMILES string of the molecule is Cc1ccc(-c2ccc(=O)n([C@H](C)C(=O)Nc3ccccc3)n2)cc1S(=O)(=O)N1CCCC1. The van der Waals surface area contributed by atoms with Gasteiger partial charge in [0.1, 0.15) is 6.04 Å². The second kappa shape index (κ2) is 9.29. The molecule has 9 heteroatoms. The van der Waals surface area contributed by atoms with Crippen molar-refractivity contribution >= 4 is 21.6 Å². The van der Waals surface area contributed by atoms with Crippen molar-refractivity contribution in [3.05, 3.63) is 76.6 Å². The molecular weight excluding hydrogens is 440 g/mol. The highest BCUT2D eigenvalue weighted by Crippen LogP contribution is 2.28. The van der Waals surface area contributed by atoms with Crippen LogP contribution >= 0.6 is 0 Å².